The summed E-state index contributed by atoms with van der Waals surface area (Å²) in [6.45, 7) is 4.63. The lowest BCUT2D eigenvalue weighted by Crippen LogP contribution is -2.37. The third-order valence-electron chi connectivity index (χ3n) is 4.09. The number of anilines is 1. The Bertz CT molecular complexity index is 396. The standard InChI is InChI=1S/C14H21FN4/c15-13-8-17-14(18-9-13)16-7-11-3-5-19(6-4-11)10-12-1-2-12/h8-9,11-12H,1-7,10H2,(H,16,17,18). The highest BCUT2D eigenvalue weighted by molar-refractivity contribution is 5.22. The molecule has 0 spiro atoms. The summed E-state index contributed by atoms with van der Waals surface area (Å²) in [6, 6.07) is 0. The summed E-state index contributed by atoms with van der Waals surface area (Å²) in [6.07, 6.45) is 7.75. The van der Waals surface area contributed by atoms with Gasteiger partial charge in [-0.25, -0.2) is 14.4 Å². The van der Waals surface area contributed by atoms with Gasteiger partial charge in [-0.15, -0.1) is 0 Å². The van der Waals surface area contributed by atoms with Gasteiger partial charge >= 0.3 is 0 Å². The Kier molecular flexibility index (Phi) is 3.92. The predicted molar refractivity (Wildman–Crippen MR) is 72.4 cm³/mol. The zero-order chi connectivity index (χ0) is 13.1. The molecular formula is C14H21FN4. The molecule has 0 unspecified atom stereocenters. The molecule has 1 saturated carbocycles. The highest BCUT2D eigenvalue weighted by atomic mass is 19.1. The minimum Gasteiger partial charge on any atom is -0.354 e. The quantitative estimate of drug-likeness (QED) is 0.884. The van der Waals surface area contributed by atoms with E-state index in [2.05, 4.69) is 20.2 Å². The molecule has 4 nitrogen and oxygen atoms in total. The second kappa shape index (κ2) is 5.82. The zero-order valence-electron chi connectivity index (χ0n) is 11.2. The fourth-order valence-electron chi connectivity index (χ4n) is 2.68. The zero-order valence-corrected chi connectivity index (χ0v) is 11.2. The summed E-state index contributed by atoms with van der Waals surface area (Å²) in [7, 11) is 0. The highest BCUT2D eigenvalue weighted by Gasteiger charge is 2.26. The van der Waals surface area contributed by atoms with Gasteiger partial charge in [-0.05, 0) is 50.6 Å². The molecule has 0 aromatic carbocycles. The van der Waals surface area contributed by atoms with Crippen LogP contribution in [-0.4, -0.2) is 41.0 Å². The van der Waals surface area contributed by atoms with Crippen molar-refractivity contribution in [2.24, 2.45) is 11.8 Å². The first-order chi connectivity index (χ1) is 9.29. The number of nitrogens with one attached hydrogen (secondary N) is 1. The van der Waals surface area contributed by atoms with Gasteiger partial charge in [0.2, 0.25) is 5.95 Å². The Morgan fingerprint density at radius 2 is 1.79 bits per heavy atom. The van der Waals surface area contributed by atoms with E-state index in [-0.39, 0.29) is 5.82 Å². The van der Waals surface area contributed by atoms with Crippen molar-refractivity contribution in [3.63, 3.8) is 0 Å². The van der Waals surface area contributed by atoms with Crippen molar-refractivity contribution in [3.05, 3.63) is 18.2 Å². The van der Waals surface area contributed by atoms with Crippen molar-refractivity contribution in [1.82, 2.24) is 14.9 Å². The van der Waals surface area contributed by atoms with E-state index in [4.69, 9.17) is 0 Å². The molecule has 1 aromatic rings. The Morgan fingerprint density at radius 1 is 1.11 bits per heavy atom. The number of nitrogens with zero attached hydrogens (tertiary/aromatic N) is 3. The molecule has 5 heteroatoms. The minimum atomic E-state index is -0.390. The summed E-state index contributed by atoms with van der Waals surface area (Å²) in [5.41, 5.74) is 0. The van der Waals surface area contributed by atoms with Crippen molar-refractivity contribution in [2.75, 3.05) is 31.5 Å². The lowest BCUT2D eigenvalue weighted by Gasteiger charge is -2.32. The van der Waals surface area contributed by atoms with Crippen LogP contribution in [0.5, 0.6) is 0 Å². The summed E-state index contributed by atoms with van der Waals surface area (Å²) < 4.78 is 12.7. The van der Waals surface area contributed by atoms with Gasteiger partial charge in [0.15, 0.2) is 5.82 Å². The van der Waals surface area contributed by atoms with Crippen molar-refractivity contribution < 1.29 is 4.39 Å². The molecule has 1 saturated heterocycles. The molecule has 1 aliphatic carbocycles. The molecule has 0 atom stereocenters. The fraction of sp³-hybridized carbons (Fsp3) is 0.714. The van der Waals surface area contributed by atoms with Crippen LogP contribution in [0.4, 0.5) is 10.3 Å². The molecule has 2 aliphatic rings. The molecule has 0 bridgehead atoms. The van der Waals surface area contributed by atoms with E-state index in [0.717, 1.165) is 12.5 Å². The topological polar surface area (TPSA) is 41.1 Å². The van der Waals surface area contributed by atoms with Gasteiger partial charge in [-0.2, -0.15) is 0 Å². The van der Waals surface area contributed by atoms with E-state index in [0.29, 0.717) is 11.9 Å². The van der Waals surface area contributed by atoms with Gasteiger partial charge in [0.05, 0.1) is 12.4 Å². The number of halogens is 1. The average molecular weight is 264 g/mol. The van der Waals surface area contributed by atoms with Crippen molar-refractivity contribution in [2.45, 2.75) is 25.7 Å². The Balaban J connectivity index is 1.38. The number of hydrogen-bond acceptors (Lipinski definition) is 4. The van der Waals surface area contributed by atoms with Crippen LogP contribution >= 0.6 is 0 Å². The van der Waals surface area contributed by atoms with Crippen LogP contribution in [0.25, 0.3) is 0 Å². The largest absolute Gasteiger partial charge is 0.354 e. The van der Waals surface area contributed by atoms with Crippen molar-refractivity contribution >= 4 is 5.95 Å². The molecule has 0 radical (unpaired) electrons. The van der Waals surface area contributed by atoms with Gasteiger partial charge in [0, 0.05) is 13.1 Å². The lowest BCUT2D eigenvalue weighted by atomic mass is 9.96. The van der Waals surface area contributed by atoms with Gasteiger partial charge < -0.3 is 10.2 Å². The van der Waals surface area contributed by atoms with E-state index in [9.17, 15) is 4.39 Å². The van der Waals surface area contributed by atoms with E-state index in [1.807, 2.05) is 0 Å². The van der Waals surface area contributed by atoms with Crippen LogP contribution in [-0.2, 0) is 0 Å². The molecule has 1 aliphatic heterocycles. The van der Waals surface area contributed by atoms with E-state index in [1.54, 1.807) is 0 Å². The lowest BCUT2D eigenvalue weighted by molar-refractivity contribution is 0.183. The SMILES string of the molecule is Fc1cnc(NCC2CCN(CC3CC3)CC2)nc1. The van der Waals surface area contributed by atoms with Crippen LogP contribution in [0.15, 0.2) is 12.4 Å². The first kappa shape index (κ1) is 12.8. The highest BCUT2D eigenvalue weighted by Crippen LogP contribution is 2.31. The van der Waals surface area contributed by atoms with Crippen LogP contribution in [0.2, 0.25) is 0 Å². The second-order valence-corrected chi connectivity index (χ2v) is 5.79. The third kappa shape index (κ3) is 3.86. The van der Waals surface area contributed by atoms with Crippen molar-refractivity contribution in [1.29, 1.82) is 0 Å². The Labute approximate surface area is 113 Å². The predicted octanol–water partition coefficient (Wildman–Crippen LogP) is 2.15. The first-order valence-corrected chi connectivity index (χ1v) is 7.23. The maximum absolute atomic E-state index is 12.7. The number of aromatic nitrogens is 2. The summed E-state index contributed by atoms with van der Waals surface area (Å²) >= 11 is 0. The Hall–Kier alpha value is -1.23. The Morgan fingerprint density at radius 3 is 2.42 bits per heavy atom. The van der Waals surface area contributed by atoms with E-state index < -0.39 is 0 Å². The second-order valence-electron chi connectivity index (χ2n) is 5.79. The molecule has 1 aromatic heterocycles. The smallest absolute Gasteiger partial charge is 0.222 e. The van der Waals surface area contributed by atoms with Gasteiger partial charge in [-0.3, -0.25) is 0 Å². The van der Waals surface area contributed by atoms with Gasteiger partial charge in [0.25, 0.3) is 0 Å². The maximum Gasteiger partial charge on any atom is 0.222 e. The van der Waals surface area contributed by atoms with Crippen LogP contribution in [0, 0.1) is 17.7 Å². The number of hydrogen-bond donors (Lipinski definition) is 1. The summed E-state index contributed by atoms with van der Waals surface area (Å²) in [4.78, 5) is 10.4. The minimum absolute atomic E-state index is 0.390. The number of likely N-dealkylation sites (tertiary alicyclic amines) is 1. The molecular weight excluding hydrogens is 243 g/mol. The average Bonchev–Trinajstić information content (AvgIpc) is 3.24. The number of piperidine rings is 1. The van der Waals surface area contributed by atoms with Crippen molar-refractivity contribution in [3.8, 4) is 0 Å². The molecule has 1 N–H and O–H groups in total. The maximum atomic E-state index is 12.7. The van der Waals surface area contributed by atoms with E-state index >= 15 is 0 Å². The summed E-state index contributed by atoms with van der Waals surface area (Å²) in [5.74, 6) is 1.81. The van der Waals surface area contributed by atoms with Crippen LogP contribution in [0.3, 0.4) is 0 Å². The molecule has 104 valence electrons. The fourth-order valence-corrected chi connectivity index (χ4v) is 2.68. The molecule has 3 rings (SSSR count). The molecule has 2 fully saturated rings. The summed E-state index contributed by atoms with van der Waals surface area (Å²) in [5, 5.41) is 3.20. The molecule has 0 amide bonds. The first-order valence-electron chi connectivity index (χ1n) is 7.23. The van der Waals surface area contributed by atoms with E-state index in [1.165, 1.54) is 57.7 Å². The van der Waals surface area contributed by atoms with Gasteiger partial charge in [0.1, 0.15) is 0 Å². The monoisotopic (exact) mass is 264 g/mol. The van der Waals surface area contributed by atoms with Crippen LogP contribution in [0.1, 0.15) is 25.7 Å². The third-order valence-corrected chi connectivity index (χ3v) is 4.09. The van der Waals surface area contributed by atoms with Gasteiger partial charge in [-0.1, -0.05) is 0 Å². The molecule has 19 heavy (non-hydrogen) atoms. The van der Waals surface area contributed by atoms with Crippen LogP contribution < -0.4 is 5.32 Å². The number of rotatable bonds is 5. The molecule has 2 heterocycles. The normalized spacial score (nSPS) is 21.5.